The van der Waals surface area contributed by atoms with E-state index >= 15 is 0 Å². The van der Waals surface area contributed by atoms with Gasteiger partial charge in [-0.15, -0.1) is 0 Å². The number of aryl methyl sites for hydroxylation is 2. The first-order valence-corrected chi connectivity index (χ1v) is 9.55. The van der Waals surface area contributed by atoms with Crippen molar-refractivity contribution in [2.45, 2.75) is 52.0 Å². The Morgan fingerprint density at radius 2 is 1.96 bits per heavy atom. The largest absolute Gasteiger partial charge is 0.493 e. The number of aromatic nitrogens is 1. The van der Waals surface area contributed by atoms with Crippen molar-refractivity contribution in [2.24, 2.45) is 0 Å². The summed E-state index contributed by atoms with van der Waals surface area (Å²) in [7, 11) is 0. The Balaban J connectivity index is 1.52. The number of hydrogen-bond acceptors (Lipinski definition) is 3. The van der Waals surface area contributed by atoms with Crippen LogP contribution >= 0.6 is 0 Å². The third kappa shape index (κ3) is 3.43. The molecule has 4 rings (SSSR count). The molecule has 0 bridgehead atoms. The van der Waals surface area contributed by atoms with Crippen molar-refractivity contribution in [2.75, 3.05) is 19.7 Å². The Labute approximate surface area is 151 Å². The van der Waals surface area contributed by atoms with Gasteiger partial charge >= 0.3 is 0 Å². The van der Waals surface area contributed by atoms with Gasteiger partial charge in [-0.1, -0.05) is 12.1 Å². The molecule has 2 aromatic rings. The summed E-state index contributed by atoms with van der Waals surface area (Å²) in [6.07, 6.45) is 3.59. The molecule has 0 N–H and O–H groups in total. The maximum atomic E-state index is 5.77. The molecule has 0 saturated carbocycles. The zero-order valence-corrected chi connectivity index (χ0v) is 15.6. The van der Waals surface area contributed by atoms with Crippen LogP contribution < -0.4 is 4.74 Å². The molecule has 3 heteroatoms. The maximum Gasteiger partial charge on any atom is 0.122 e. The second-order valence-electron chi connectivity index (χ2n) is 7.66. The molecule has 1 aromatic carbocycles. The lowest BCUT2D eigenvalue weighted by Crippen LogP contribution is -2.36. The lowest BCUT2D eigenvalue weighted by atomic mass is 9.89. The van der Waals surface area contributed by atoms with Gasteiger partial charge in [0.1, 0.15) is 5.75 Å². The van der Waals surface area contributed by atoms with Crippen LogP contribution in [0.25, 0.3) is 0 Å². The van der Waals surface area contributed by atoms with Crippen molar-refractivity contribution in [1.29, 1.82) is 0 Å². The number of benzene rings is 1. The van der Waals surface area contributed by atoms with Crippen LogP contribution in [-0.4, -0.2) is 29.6 Å². The minimum Gasteiger partial charge on any atom is -0.493 e. The van der Waals surface area contributed by atoms with Crippen molar-refractivity contribution in [3.05, 3.63) is 58.4 Å². The van der Waals surface area contributed by atoms with Crippen LogP contribution in [0.1, 0.15) is 59.8 Å². The summed E-state index contributed by atoms with van der Waals surface area (Å²) in [5.41, 5.74) is 6.46. The summed E-state index contributed by atoms with van der Waals surface area (Å²) in [5, 5.41) is 0. The number of pyridine rings is 1. The van der Waals surface area contributed by atoms with Crippen molar-refractivity contribution in [3.63, 3.8) is 0 Å². The number of hydrogen-bond donors (Lipinski definition) is 0. The molecular formula is C22H28N2O. The number of ether oxygens (including phenoxy) is 1. The second kappa shape index (κ2) is 6.80. The van der Waals surface area contributed by atoms with Crippen LogP contribution in [0.2, 0.25) is 0 Å². The summed E-state index contributed by atoms with van der Waals surface area (Å²) in [4.78, 5) is 7.17. The molecule has 2 atom stereocenters. The molecule has 1 aromatic heterocycles. The van der Waals surface area contributed by atoms with E-state index in [0.29, 0.717) is 12.0 Å². The van der Waals surface area contributed by atoms with Gasteiger partial charge in [-0.05, 0) is 81.0 Å². The van der Waals surface area contributed by atoms with Crippen LogP contribution in [0.5, 0.6) is 5.75 Å². The van der Waals surface area contributed by atoms with Gasteiger partial charge < -0.3 is 4.74 Å². The van der Waals surface area contributed by atoms with E-state index in [1.54, 1.807) is 0 Å². The van der Waals surface area contributed by atoms with E-state index in [0.717, 1.165) is 36.7 Å². The number of nitrogens with zero attached hydrogens (tertiary/aromatic N) is 2. The number of fused-ring (bicyclic) bond motifs is 1. The summed E-state index contributed by atoms with van der Waals surface area (Å²) >= 11 is 0. The Morgan fingerprint density at radius 3 is 2.76 bits per heavy atom. The van der Waals surface area contributed by atoms with Gasteiger partial charge in [0.05, 0.1) is 6.61 Å². The van der Waals surface area contributed by atoms with Crippen LogP contribution in [0, 0.1) is 13.8 Å². The molecule has 132 valence electrons. The lowest BCUT2D eigenvalue weighted by Gasteiger charge is -2.37. The summed E-state index contributed by atoms with van der Waals surface area (Å²) < 4.78 is 5.77. The first kappa shape index (κ1) is 16.6. The average molecular weight is 336 g/mol. The molecule has 1 fully saturated rings. The third-order valence-corrected chi connectivity index (χ3v) is 5.78. The van der Waals surface area contributed by atoms with E-state index in [1.165, 1.54) is 36.1 Å². The fraction of sp³-hybridized carbons (Fsp3) is 0.500. The minimum absolute atomic E-state index is 0.432. The van der Waals surface area contributed by atoms with E-state index in [-0.39, 0.29) is 0 Å². The lowest BCUT2D eigenvalue weighted by molar-refractivity contribution is 0.158. The molecule has 3 heterocycles. The Kier molecular flexibility index (Phi) is 4.51. The predicted octanol–water partition coefficient (Wildman–Crippen LogP) is 4.57. The molecule has 2 aliphatic rings. The van der Waals surface area contributed by atoms with Crippen LogP contribution in [0.4, 0.5) is 0 Å². The first-order valence-electron chi connectivity index (χ1n) is 9.55. The quantitative estimate of drug-likeness (QED) is 0.821. The Morgan fingerprint density at radius 1 is 1.16 bits per heavy atom. The van der Waals surface area contributed by atoms with Crippen molar-refractivity contribution < 1.29 is 4.74 Å². The minimum atomic E-state index is 0.432. The highest BCUT2D eigenvalue weighted by Crippen LogP contribution is 2.35. The summed E-state index contributed by atoms with van der Waals surface area (Å²) in [6.45, 7) is 9.68. The fourth-order valence-corrected chi connectivity index (χ4v) is 4.39. The van der Waals surface area contributed by atoms with Gasteiger partial charge in [0, 0.05) is 30.4 Å². The number of piperidine rings is 1. The molecule has 1 unspecified atom stereocenters. The molecule has 2 aliphatic heterocycles. The Bertz CT molecular complexity index is 750. The highest BCUT2D eigenvalue weighted by atomic mass is 16.5. The third-order valence-electron chi connectivity index (χ3n) is 5.78. The topological polar surface area (TPSA) is 25.4 Å². The van der Waals surface area contributed by atoms with Crippen LogP contribution in [-0.2, 0) is 6.42 Å². The summed E-state index contributed by atoms with van der Waals surface area (Å²) in [5.74, 6) is 1.71. The van der Waals surface area contributed by atoms with Gasteiger partial charge in [-0.25, -0.2) is 0 Å². The number of likely N-dealkylation sites (tertiary alicyclic amines) is 1. The molecule has 3 nitrogen and oxygen atoms in total. The van der Waals surface area contributed by atoms with Gasteiger partial charge in [0.15, 0.2) is 0 Å². The molecule has 0 amide bonds. The van der Waals surface area contributed by atoms with Gasteiger partial charge in [0.2, 0.25) is 0 Å². The van der Waals surface area contributed by atoms with Crippen LogP contribution in [0.3, 0.4) is 0 Å². The first-order chi connectivity index (χ1) is 12.1. The predicted molar refractivity (Wildman–Crippen MR) is 101 cm³/mol. The smallest absolute Gasteiger partial charge is 0.122 e. The van der Waals surface area contributed by atoms with Crippen molar-refractivity contribution >= 4 is 0 Å². The van der Waals surface area contributed by atoms with E-state index < -0.39 is 0 Å². The van der Waals surface area contributed by atoms with E-state index in [1.807, 2.05) is 0 Å². The highest BCUT2D eigenvalue weighted by molar-refractivity contribution is 5.41. The SMILES string of the molecule is Cc1cc(C2CCCN([C@H](C)c3ccc4c(c3)OCC4)C2)cc(C)n1. The summed E-state index contributed by atoms with van der Waals surface area (Å²) in [6, 6.07) is 11.8. The standard InChI is InChI=1S/C22H28N2O/c1-15-11-21(12-16(2)23-15)20-5-4-9-24(14-20)17(3)19-7-6-18-8-10-25-22(18)13-19/h6-7,11-13,17,20H,4-5,8-10,14H2,1-3H3/t17-,20?/m1/s1. The number of rotatable bonds is 3. The van der Waals surface area contributed by atoms with E-state index in [2.05, 4.69) is 61.0 Å². The average Bonchev–Trinajstić information content (AvgIpc) is 3.08. The maximum absolute atomic E-state index is 5.77. The molecule has 1 saturated heterocycles. The molecule has 0 radical (unpaired) electrons. The monoisotopic (exact) mass is 336 g/mol. The van der Waals surface area contributed by atoms with Crippen LogP contribution in [0.15, 0.2) is 30.3 Å². The second-order valence-corrected chi connectivity index (χ2v) is 7.66. The normalized spacial score (nSPS) is 21.6. The van der Waals surface area contributed by atoms with Gasteiger partial charge in [0.25, 0.3) is 0 Å². The van der Waals surface area contributed by atoms with Crippen molar-refractivity contribution in [1.82, 2.24) is 9.88 Å². The van der Waals surface area contributed by atoms with E-state index in [9.17, 15) is 0 Å². The zero-order valence-electron chi connectivity index (χ0n) is 15.6. The highest BCUT2D eigenvalue weighted by Gasteiger charge is 2.26. The van der Waals surface area contributed by atoms with Gasteiger partial charge in [-0.2, -0.15) is 0 Å². The van der Waals surface area contributed by atoms with Gasteiger partial charge in [-0.3, -0.25) is 9.88 Å². The Hall–Kier alpha value is -1.87. The fourth-order valence-electron chi connectivity index (χ4n) is 4.39. The zero-order chi connectivity index (χ0) is 17.4. The molecule has 0 spiro atoms. The molecule has 0 aliphatic carbocycles. The van der Waals surface area contributed by atoms with E-state index in [4.69, 9.17) is 4.74 Å². The van der Waals surface area contributed by atoms with Crippen molar-refractivity contribution in [3.8, 4) is 5.75 Å². The molecule has 25 heavy (non-hydrogen) atoms. The molecular weight excluding hydrogens is 308 g/mol.